The molecular weight excluding hydrogens is 310 g/mol. The number of amides is 1. The fourth-order valence-electron chi connectivity index (χ4n) is 2.17. The molecule has 1 aromatic carbocycles. The summed E-state index contributed by atoms with van der Waals surface area (Å²) in [6.07, 6.45) is 3.46. The highest BCUT2D eigenvalue weighted by atomic mass is 32.2. The number of rotatable bonds is 7. The molecule has 23 heavy (non-hydrogen) atoms. The van der Waals surface area contributed by atoms with E-state index in [1.54, 1.807) is 23.7 Å². The number of hydrogen-bond donors (Lipinski definition) is 0. The summed E-state index contributed by atoms with van der Waals surface area (Å²) >= 11 is 1.36. The quantitative estimate of drug-likeness (QED) is 0.729. The van der Waals surface area contributed by atoms with Crippen molar-refractivity contribution in [2.45, 2.75) is 43.5 Å². The van der Waals surface area contributed by atoms with Crippen LogP contribution in [0.15, 0.2) is 29.4 Å². The predicted molar refractivity (Wildman–Crippen MR) is 91.8 cm³/mol. The van der Waals surface area contributed by atoms with Gasteiger partial charge in [-0.05, 0) is 47.9 Å². The maximum atomic E-state index is 12.0. The van der Waals surface area contributed by atoms with Gasteiger partial charge in [-0.2, -0.15) is 4.68 Å². The highest BCUT2D eigenvalue weighted by Gasteiger charge is 2.20. The third-order valence-electron chi connectivity index (χ3n) is 3.51. The number of aryl methyl sites for hydroxylation is 1. The maximum absolute atomic E-state index is 12.0. The molecule has 6 nitrogen and oxygen atoms in total. The van der Waals surface area contributed by atoms with Gasteiger partial charge in [0.05, 0.1) is 10.9 Å². The first-order valence-corrected chi connectivity index (χ1v) is 8.66. The minimum atomic E-state index is -0.237. The van der Waals surface area contributed by atoms with Gasteiger partial charge >= 0.3 is 0 Å². The van der Waals surface area contributed by atoms with Crippen LogP contribution >= 0.6 is 11.8 Å². The number of hydrogen-bond acceptors (Lipinski definition) is 5. The standard InChI is InChI=1S/C16H23N5OS/c1-5-6-7-13-8-10-14(11-9-13)21-16(17-18-19-21)23-12(2)15(22)20(3)4/h8-12H,5-7H2,1-4H3. The van der Waals surface area contributed by atoms with Crippen LogP contribution in [-0.2, 0) is 11.2 Å². The second-order valence-electron chi connectivity index (χ2n) is 5.64. The lowest BCUT2D eigenvalue weighted by Crippen LogP contribution is -2.29. The van der Waals surface area contributed by atoms with Crippen molar-refractivity contribution in [3.05, 3.63) is 29.8 Å². The molecule has 1 unspecified atom stereocenters. The first-order valence-electron chi connectivity index (χ1n) is 7.78. The number of tetrazole rings is 1. The molecule has 0 saturated carbocycles. The van der Waals surface area contributed by atoms with E-state index in [1.807, 2.05) is 19.1 Å². The fourth-order valence-corrected chi connectivity index (χ4v) is 3.12. The molecule has 0 fully saturated rings. The van der Waals surface area contributed by atoms with E-state index in [1.165, 1.54) is 30.2 Å². The summed E-state index contributed by atoms with van der Waals surface area (Å²) in [5.41, 5.74) is 2.22. The van der Waals surface area contributed by atoms with Gasteiger partial charge in [-0.25, -0.2) is 0 Å². The second-order valence-corrected chi connectivity index (χ2v) is 6.94. The van der Waals surface area contributed by atoms with E-state index < -0.39 is 0 Å². The van der Waals surface area contributed by atoms with Crippen molar-refractivity contribution in [1.82, 2.24) is 25.1 Å². The number of aromatic nitrogens is 4. The molecule has 0 radical (unpaired) electrons. The first-order chi connectivity index (χ1) is 11.0. The average Bonchev–Trinajstić information content (AvgIpc) is 3.00. The molecular formula is C16H23N5OS. The van der Waals surface area contributed by atoms with Crippen LogP contribution in [0.4, 0.5) is 0 Å². The SMILES string of the molecule is CCCCc1ccc(-n2nnnc2SC(C)C(=O)N(C)C)cc1. The molecule has 0 bridgehead atoms. The molecule has 0 aliphatic rings. The van der Waals surface area contributed by atoms with Crippen molar-refractivity contribution in [3.8, 4) is 5.69 Å². The predicted octanol–water partition coefficient (Wildman–Crippen LogP) is 2.57. The van der Waals surface area contributed by atoms with Gasteiger partial charge in [0, 0.05) is 14.1 Å². The van der Waals surface area contributed by atoms with Crippen molar-refractivity contribution < 1.29 is 4.79 Å². The van der Waals surface area contributed by atoms with E-state index >= 15 is 0 Å². The Kier molecular flexibility index (Phi) is 6.15. The third kappa shape index (κ3) is 4.54. The molecule has 2 aromatic rings. The highest BCUT2D eigenvalue weighted by Crippen LogP contribution is 2.24. The summed E-state index contributed by atoms with van der Waals surface area (Å²) in [6, 6.07) is 8.25. The zero-order valence-electron chi connectivity index (χ0n) is 14.1. The zero-order valence-corrected chi connectivity index (χ0v) is 14.9. The lowest BCUT2D eigenvalue weighted by Gasteiger charge is -2.15. The highest BCUT2D eigenvalue weighted by molar-refractivity contribution is 8.00. The summed E-state index contributed by atoms with van der Waals surface area (Å²) < 4.78 is 1.67. The minimum absolute atomic E-state index is 0.0412. The van der Waals surface area contributed by atoms with E-state index in [9.17, 15) is 4.79 Å². The Morgan fingerprint density at radius 1 is 1.30 bits per heavy atom. The maximum Gasteiger partial charge on any atom is 0.235 e. The largest absolute Gasteiger partial charge is 0.348 e. The summed E-state index contributed by atoms with van der Waals surface area (Å²) in [5, 5.41) is 12.2. The summed E-state index contributed by atoms with van der Waals surface area (Å²) in [6.45, 7) is 4.05. The van der Waals surface area contributed by atoms with E-state index in [-0.39, 0.29) is 11.2 Å². The van der Waals surface area contributed by atoms with Gasteiger partial charge in [0.1, 0.15) is 0 Å². The third-order valence-corrected chi connectivity index (χ3v) is 4.53. The van der Waals surface area contributed by atoms with Crippen LogP contribution < -0.4 is 0 Å². The van der Waals surface area contributed by atoms with Gasteiger partial charge in [-0.1, -0.05) is 37.2 Å². The summed E-state index contributed by atoms with van der Waals surface area (Å²) in [4.78, 5) is 13.6. The van der Waals surface area contributed by atoms with Gasteiger partial charge in [-0.3, -0.25) is 4.79 Å². The van der Waals surface area contributed by atoms with Gasteiger partial charge in [-0.15, -0.1) is 5.10 Å². The van der Waals surface area contributed by atoms with Gasteiger partial charge in [0.2, 0.25) is 11.1 Å². The molecule has 0 aliphatic heterocycles. The van der Waals surface area contributed by atoms with E-state index in [0.717, 1.165) is 12.1 Å². The van der Waals surface area contributed by atoms with Crippen LogP contribution in [0.25, 0.3) is 5.69 Å². The Labute approximate surface area is 141 Å². The van der Waals surface area contributed by atoms with Crippen molar-refractivity contribution in [2.75, 3.05) is 14.1 Å². The Balaban J connectivity index is 2.12. The summed E-state index contributed by atoms with van der Waals surface area (Å²) in [5.74, 6) is 0.0412. The molecule has 124 valence electrons. The van der Waals surface area contributed by atoms with Crippen LogP contribution in [0.3, 0.4) is 0 Å². The van der Waals surface area contributed by atoms with E-state index in [2.05, 4.69) is 34.6 Å². The average molecular weight is 333 g/mol. The van der Waals surface area contributed by atoms with Gasteiger partial charge < -0.3 is 4.90 Å². The van der Waals surface area contributed by atoms with Crippen LogP contribution in [0.1, 0.15) is 32.3 Å². The zero-order chi connectivity index (χ0) is 16.8. The van der Waals surface area contributed by atoms with Gasteiger partial charge in [0.25, 0.3) is 0 Å². The lowest BCUT2D eigenvalue weighted by atomic mass is 10.1. The Morgan fingerprint density at radius 2 is 2.00 bits per heavy atom. The lowest BCUT2D eigenvalue weighted by molar-refractivity contribution is -0.127. The van der Waals surface area contributed by atoms with Crippen LogP contribution in [0.5, 0.6) is 0 Å². The Morgan fingerprint density at radius 3 is 2.61 bits per heavy atom. The fraction of sp³-hybridized carbons (Fsp3) is 0.500. The Bertz CT molecular complexity index is 638. The normalized spacial score (nSPS) is 12.2. The molecule has 1 atom stereocenters. The molecule has 7 heteroatoms. The number of nitrogens with zero attached hydrogens (tertiary/aromatic N) is 5. The molecule has 1 aromatic heterocycles. The number of carbonyl (C=O) groups excluding carboxylic acids is 1. The van der Waals surface area contributed by atoms with E-state index in [4.69, 9.17) is 0 Å². The smallest absolute Gasteiger partial charge is 0.235 e. The monoisotopic (exact) mass is 333 g/mol. The molecule has 0 saturated heterocycles. The van der Waals surface area contributed by atoms with Crippen molar-refractivity contribution in [3.63, 3.8) is 0 Å². The second kappa shape index (κ2) is 8.10. The van der Waals surface area contributed by atoms with Crippen molar-refractivity contribution in [1.29, 1.82) is 0 Å². The molecule has 0 N–H and O–H groups in total. The molecule has 0 aliphatic carbocycles. The number of benzene rings is 1. The molecule has 2 rings (SSSR count). The van der Waals surface area contributed by atoms with Crippen molar-refractivity contribution in [2.24, 2.45) is 0 Å². The molecule has 0 spiro atoms. The minimum Gasteiger partial charge on any atom is -0.348 e. The van der Waals surface area contributed by atoms with Crippen LogP contribution in [-0.4, -0.2) is 50.4 Å². The van der Waals surface area contributed by atoms with Crippen LogP contribution in [0, 0.1) is 0 Å². The first kappa shape index (κ1) is 17.5. The van der Waals surface area contributed by atoms with Gasteiger partial charge in [0.15, 0.2) is 0 Å². The van der Waals surface area contributed by atoms with Crippen molar-refractivity contribution >= 4 is 17.7 Å². The summed E-state index contributed by atoms with van der Waals surface area (Å²) in [7, 11) is 3.49. The number of thioether (sulfide) groups is 1. The Hall–Kier alpha value is -1.89. The topological polar surface area (TPSA) is 63.9 Å². The van der Waals surface area contributed by atoms with Crippen LogP contribution in [0.2, 0.25) is 0 Å². The number of carbonyl (C=O) groups is 1. The molecule has 1 amide bonds. The number of unbranched alkanes of at least 4 members (excludes halogenated alkanes) is 1. The molecule has 1 heterocycles. The van der Waals surface area contributed by atoms with E-state index in [0.29, 0.717) is 5.16 Å².